The maximum Gasteiger partial charge on any atom is 0.284 e. The molecule has 80 valence electrons. The number of imidazole rings is 1. The number of aromatic nitrogens is 2. The van der Waals surface area contributed by atoms with Crippen LogP contribution in [0.1, 0.15) is 16.7 Å². The largest absolute Gasteiger partial charge is 1.00 e. The number of aryl methyl sites for hydroxylation is 3. The van der Waals surface area contributed by atoms with Crippen LogP contribution in [-0.2, 0) is 0 Å². The molecule has 0 saturated heterocycles. The predicted octanol–water partition coefficient (Wildman–Crippen LogP) is -0.575. The van der Waals surface area contributed by atoms with Gasteiger partial charge in [-0.3, -0.25) is 0 Å². The third kappa shape index (κ3) is 2.21. The molecule has 0 amide bonds. The van der Waals surface area contributed by atoms with Gasteiger partial charge >= 0.3 is 0 Å². The van der Waals surface area contributed by atoms with E-state index in [4.69, 9.17) is 0 Å². The van der Waals surface area contributed by atoms with E-state index in [1.807, 2.05) is 12.4 Å². The zero-order valence-corrected chi connectivity index (χ0v) is 9.94. The lowest BCUT2D eigenvalue weighted by Gasteiger charge is -2.05. The van der Waals surface area contributed by atoms with E-state index in [0.29, 0.717) is 0 Å². The van der Waals surface area contributed by atoms with Crippen LogP contribution >= 0.6 is 0 Å². The average Bonchev–Trinajstić information content (AvgIpc) is 2.54. The predicted molar refractivity (Wildman–Crippen MR) is 57.0 cm³/mol. The lowest BCUT2D eigenvalue weighted by atomic mass is 9.99. The highest BCUT2D eigenvalue weighted by molar-refractivity contribution is 5.63. The summed E-state index contributed by atoms with van der Waals surface area (Å²) in [6, 6.07) is 4.41. The van der Waals surface area contributed by atoms with Crippen molar-refractivity contribution in [2.24, 2.45) is 0 Å². The summed E-state index contributed by atoms with van der Waals surface area (Å²) in [5, 5.41) is 0. The highest BCUT2D eigenvalue weighted by atomic mass is 35.5. The summed E-state index contributed by atoms with van der Waals surface area (Å²) in [5.41, 5.74) is 5.21. The lowest BCUT2D eigenvalue weighted by Crippen LogP contribution is -3.00. The zero-order chi connectivity index (χ0) is 10.1. The molecule has 2 aromatic rings. The van der Waals surface area contributed by atoms with Crippen LogP contribution in [0.15, 0.2) is 24.5 Å². The van der Waals surface area contributed by atoms with Gasteiger partial charge in [-0.2, -0.15) is 0 Å². The SMILES string of the molecule is Cc1cc(C)c(-c2[nH]cc[nH+]2)c(C)c1.[Cl-]. The number of H-pyrrole nitrogens is 2. The van der Waals surface area contributed by atoms with Crippen molar-refractivity contribution in [2.75, 3.05) is 0 Å². The van der Waals surface area contributed by atoms with Crippen LogP contribution in [0.4, 0.5) is 0 Å². The first-order chi connectivity index (χ1) is 6.68. The molecule has 1 aromatic carbocycles. The smallest absolute Gasteiger partial charge is 0.284 e. The Bertz CT molecular complexity index is 424. The summed E-state index contributed by atoms with van der Waals surface area (Å²) in [4.78, 5) is 6.40. The molecule has 1 heterocycles. The fraction of sp³-hybridized carbons (Fsp3) is 0.250. The molecular weight excluding hydrogens is 208 g/mol. The van der Waals surface area contributed by atoms with Crippen LogP contribution in [0.25, 0.3) is 11.4 Å². The van der Waals surface area contributed by atoms with Crippen molar-refractivity contribution in [2.45, 2.75) is 20.8 Å². The van der Waals surface area contributed by atoms with Gasteiger partial charge in [0.2, 0.25) is 0 Å². The van der Waals surface area contributed by atoms with Gasteiger partial charge in [0, 0.05) is 0 Å². The van der Waals surface area contributed by atoms with E-state index >= 15 is 0 Å². The Kier molecular flexibility index (Phi) is 3.53. The molecule has 2 N–H and O–H groups in total. The minimum atomic E-state index is 0. The summed E-state index contributed by atoms with van der Waals surface area (Å²) in [7, 11) is 0. The van der Waals surface area contributed by atoms with E-state index in [-0.39, 0.29) is 12.4 Å². The monoisotopic (exact) mass is 222 g/mol. The van der Waals surface area contributed by atoms with Crippen molar-refractivity contribution in [1.82, 2.24) is 4.98 Å². The van der Waals surface area contributed by atoms with Gasteiger partial charge < -0.3 is 12.4 Å². The van der Waals surface area contributed by atoms with E-state index in [2.05, 4.69) is 42.9 Å². The number of halogens is 1. The first-order valence-corrected chi connectivity index (χ1v) is 4.82. The molecule has 2 nitrogen and oxygen atoms in total. The Morgan fingerprint density at radius 3 is 2.13 bits per heavy atom. The number of nitrogens with one attached hydrogen (secondary N) is 2. The number of benzene rings is 1. The quantitative estimate of drug-likeness (QED) is 0.670. The van der Waals surface area contributed by atoms with Crippen LogP contribution in [0.5, 0.6) is 0 Å². The summed E-state index contributed by atoms with van der Waals surface area (Å²) >= 11 is 0. The van der Waals surface area contributed by atoms with Crippen molar-refractivity contribution >= 4 is 0 Å². The molecule has 0 spiro atoms. The normalized spacial score (nSPS) is 9.80. The Morgan fingerprint density at radius 1 is 1.07 bits per heavy atom. The molecule has 3 heteroatoms. The molecule has 0 saturated carbocycles. The number of hydrogen-bond acceptors (Lipinski definition) is 0. The van der Waals surface area contributed by atoms with Gasteiger partial charge in [0.25, 0.3) is 5.82 Å². The first kappa shape index (κ1) is 11.8. The van der Waals surface area contributed by atoms with E-state index in [1.165, 1.54) is 22.3 Å². The Labute approximate surface area is 96.2 Å². The van der Waals surface area contributed by atoms with Crippen LogP contribution in [-0.4, -0.2) is 4.98 Å². The molecule has 2 rings (SSSR count). The van der Waals surface area contributed by atoms with Gasteiger partial charge in [-0.05, 0) is 31.9 Å². The minimum Gasteiger partial charge on any atom is -1.00 e. The molecule has 0 radical (unpaired) electrons. The average molecular weight is 223 g/mol. The molecule has 0 aliphatic rings. The van der Waals surface area contributed by atoms with E-state index in [9.17, 15) is 0 Å². The fourth-order valence-corrected chi connectivity index (χ4v) is 2.01. The maximum absolute atomic E-state index is 3.20. The third-order valence-corrected chi connectivity index (χ3v) is 2.47. The van der Waals surface area contributed by atoms with Gasteiger partial charge in [0.05, 0.1) is 5.56 Å². The van der Waals surface area contributed by atoms with Gasteiger partial charge in [-0.15, -0.1) is 0 Å². The van der Waals surface area contributed by atoms with E-state index < -0.39 is 0 Å². The van der Waals surface area contributed by atoms with Crippen molar-refractivity contribution in [3.05, 3.63) is 41.2 Å². The standard InChI is InChI=1S/C12H14N2.ClH/c1-8-6-9(2)11(10(3)7-8)12-13-4-5-14-12;/h4-7H,1-3H3,(H,13,14);1H. The van der Waals surface area contributed by atoms with Crippen LogP contribution in [0, 0.1) is 20.8 Å². The molecular formula is C12H15ClN2. The molecule has 0 fully saturated rings. The van der Waals surface area contributed by atoms with Gasteiger partial charge in [0.15, 0.2) is 0 Å². The number of rotatable bonds is 1. The summed E-state index contributed by atoms with van der Waals surface area (Å²) in [6.45, 7) is 6.41. The molecule has 15 heavy (non-hydrogen) atoms. The first-order valence-electron chi connectivity index (χ1n) is 4.82. The summed E-state index contributed by atoms with van der Waals surface area (Å²) < 4.78 is 0. The Morgan fingerprint density at radius 2 is 1.67 bits per heavy atom. The second kappa shape index (κ2) is 4.49. The summed E-state index contributed by atoms with van der Waals surface area (Å²) in [6.07, 6.45) is 3.82. The minimum absolute atomic E-state index is 0. The number of hydrogen-bond donors (Lipinski definition) is 1. The second-order valence-corrected chi connectivity index (χ2v) is 3.77. The fourth-order valence-electron chi connectivity index (χ4n) is 2.01. The Balaban J connectivity index is 0.00000112. The van der Waals surface area contributed by atoms with E-state index in [1.54, 1.807) is 0 Å². The zero-order valence-electron chi connectivity index (χ0n) is 9.19. The molecule has 0 unspecified atom stereocenters. The van der Waals surface area contributed by atoms with Gasteiger partial charge in [0.1, 0.15) is 12.4 Å². The van der Waals surface area contributed by atoms with Gasteiger partial charge in [-0.25, -0.2) is 9.97 Å². The van der Waals surface area contributed by atoms with Crippen LogP contribution < -0.4 is 17.4 Å². The van der Waals surface area contributed by atoms with E-state index in [0.717, 1.165) is 5.82 Å². The van der Waals surface area contributed by atoms with Crippen molar-refractivity contribution in [3.8, 4) is 11.4 Å². The summed E-state index contributed by atoms with van der Waals surface area (Å²) in [5.74, 6) is 1.08. The highest BCUT2D eigenvalue weighted by Gasteiger charge is 2.12. The van der Waals surface area contributed by atoms with Crippen molar-refractivity contribution in [1.29, 1.82) is 0 Å². The van der Waals surface area contributed by atoms with Crippen LogP contribution in [0.3, 0.4) is 0 Å². The maximum atomic E-state index is 3.20. The topological polar surface area (TPSA) is 29.9 Å². The number of aromatic amines is 2. The highest BCUT2D eigenvalue weighted by Crippen LogP contribution is 2.23. The molecule has 0 atom stereocenters. The third-order valence-electron chi connectivity index (χ3n) is 2.47. The molecule has 0 bridgehead atoms. The molecule has 1 aromatic heterocycles. The van der Waals surface area contributed by atoms with Crippen LogP contribution in [0.2, 0.25) is 0 Å². The van der Waals surface area contributed by atoms with Crippen molar-refractivity contribution in [3.63, 3.8) is 0 Å². The van der Waals surface area contributed by atoms with Gasteiger partial charge in [-0.1, -0.05) is 17.7 Å². The van der Waals surface area contributed by atoms with Crippen molar-refractivity contribution < 1.29 is 17.4 Å². The molecule has 0 aliphatic carbocycles. The molecule has 0 aliphatic heterocycles. The lowest BCUT2D eigenvalue weighted by molar-refractivity contribution is -0.362. The Hall–Kier alpha value is -1.28. The second-order valence-electron chi connectivity index (χ2n) is 3.77.